The van der Waals surface area contributed by atoms with Crippen LogP contribution >= 0.6 is 11.6 Å². The largest absolute Gasteiger partial charge is 0.462 e. The van der Waals surface area contributed by atoms with E-state index in [1.165, 1.54) is 36.4 Å². The van der Waals surface area contributed by atoms with Gasteiger partial charge in [0.15, 0.2) is 11.4 Å². The van der Waals surface area contributed by atoms with Crippen molar-refractivity contribution in [3.63, 3.8) is 0 Å². The van der Waals surface area contributed by atoms with Crippen LogP contribution in [-0.2, 0) is 9.53 Å². The monoisotopic (exact) mass is 372 g/mol. The van der Waals surface area contributed by atoms with Crippen LogP contribution in [0, 0.1) is 17.1 Å². The summed E-state index contributed by atoms with van der Waals surface area (Å²) >= 11 is 5.95. The molecule has 0 aliphatic rings. The predicted octanol–water partition coefficient (Wildman–Crippen LogP) is 4.09. The molecule has 0 aliphatic carbocycles. The third-order valence-corrected chi connectivity index (χ3v) is 3.57. The Kier molecular flexibility index (Phi) is 6.48. The molecule has 1 N–H and O–H groups in total. The maximum Gasteiger partial charge on any atom is 0.350 e. The van der Waals surface area contributed by atoms with E-state index in [2.05, 4.69) is 5.32 Å². The van der Waals surface area contributed by atoms with E-state index in [1.807, 2.05) is 0 Å². The van der Waals surface area contributed by atoms with Gasteiger partial charge in [-0.15, -0.1) is 0 Å². The summed E-state index contributed by atoms with van der Waals surface area (Å²) < 4.78 is 18.7. The number of ketones is 1. The highest BCUT2D eigenvalue weighted by molar-refractivity contribution is 6.31. The highest BCUT2D eigenvalue weighted by atomic mass is 35.5. The fourth-order valence-corrected chi connectivity index (χ4v) is 2.29. The van der Waals surface area contributed by atoms with Gasteiger partial charge in [-0.2, -0.15) is 5.26 Å². The van der Waals surface area contributed by atoms with Crippen molar-refractivity contribution in [1.29, 1.82) is 5.26 Å². The number of halogens is 2. The van der Waals surface area contributed by atoms with Crippen molar-refractivity contribution in [2.45, 2.75) is 6.92 Å². The molecule has 0 radical (unpaired) electrons. The number of hydrogen-bond donors (Lipinski definition) is 1. The Balaban J connectivity index is 2.40. The van der Waals surface area contributed by atoms with Gasteiger partial charge < -0.3 is 10.1 Å². The maximum atomic E-state index is 13.9. The van der Waals surface area contributed by atoms with Crippen molar-refractivity contribution >= 4 is 29.0 Å². The molecule has 0 atom stereocenters. The van der Waals surface area contributed by atoms with Gasteiger partial charge in [-0.3, -0.25) is 4.79 Å². The van der Waals surface area contributed by atoms with Gasteiger partial charge in [-0.05, 0) is 37.3 Å². The van der Waals surface area contributed by atoms with Crippen molar-refractivity contribution in [1.82, 2.24) is 0 Å². The van der Waals surface area contributed by atoms with Gasteiger partial charge in [0.05, 0.1) is 12.2 Å². The summed E-state index contributed by atoms with van der Waals surface area (Å²) in [7, 11) is 0. The van der Waals surface area contributed by atoms with Gasteiger partial charge >= 0.3 is 5.97 Å². The minimum absolute atomic E-state index is 0.0972. The molecule has 0 aromatic heterocycles. The molecule has 0 saturated carbocycles. The first-order valence-electron chi connectivity index (χ1n) is 7.60. The highest BCUT2D eigenvalue weighted by Gasteiger charge is 2.18. The van der Waals surface area contributed by atoms with E-state index in [4.69, 9.17) is 21.6 Å². The van der Waals surface area contributed by atoms with Crippen molar-refractivity contribution in [3.8, 4) is 6.07 Å². The third kappa shape index (κ3) is 4.47. The van der Waals surface area contributed by atoms with E-state index in [9.17, 15) is 14.0 Å². The minimum Gasteiger partial charge on any atom is -0.462 e. The van der Waals surface area contributed by atoms with E-state index in [0.717, 1.165) is 6.20 Å². The maximum absolute atomic E-state index is 13.9. The van der Waals surface area contributed by atoms with Gasteiger partial charge in [0, 0.05) is 22.5 Å². The molecule has 0 unspecified atom stereocenters. The molecular formula is C19H14ClFN2O3. The van der Waals surface area contributed by atoms with Gasteiger partial charge in [-0.1, -0.05) is 23.7 Å². The van der Waals surface area contributed by atoms with Gasteiger partial charge in [0.25, 0.3) is 0 Å². The molecule has 0 amide bonds. The quantitative estimate of drug-likeness (QED) is 0.357. The number of anilines is 1. The normalized spacial score (nSPS) is 10.8. The number of hydrogen-bond acceptors (Lipinski definition) is 5. The SMILES string of the molecule is CCOC(=O)/C(C#N)=C/Nc1ccc(Cl)cc1C(=O)c1ccccc1F. The molecule has 0 spiro atoms. The first-order valence-corrected chi connectivity index (χ1v) is 7.98. The van der Waals surface area contributed by atoms with E-state index in [-0.39, 0.29) is 34.0 Å². The smallest absolute Gasteiger partial charge is 0.350 e. The Hall–Kier alpha value is -3.17. The van der Waals surface area contributed by atoms with E-state index >= 15 is 0 Å². The Morgan fingerprint density at radius 3 is 2.65 bits per heavy atom. The summed E-state index contributed by atoms with van der Waals surface area (Å²) in [6.45, 7) is 1.74. The summed E-state index contributed by atoms with van der Waals surface area (Å²) in [4.78, 5) is 24.3. The molecule has 7 heteroatoms. The minimum atomic E-state index is -0.793. The zero-order valence-electron chi connectivity index (χ0n) is 13.8. The molecule has 0 saturated heterocycles. The Bertz CT molecular complexity index is 919. The van der Waals surface area contributed by atoms with Crippen molar-refractivity contribution in [3.05, 3.63) is 76.2 Å². The molecule has 2 aromatic rings. The lowest BCUT2D eigenvalue weighted by atomic mass is 10.0. The lowest BCUT2D eigenvalue weighted by molar-refractivity contribution is -0.138. The fourth-order valence-electron chi connectivity index (χ4n) is 2.12. The van der Waals surface area contributed by atoms with Crippen molar-refractivity contribution in [2.75, 3.05) is 11.9 Å². The van der Waals surface area contributed by atoms with Crippen molar-refractivity contribution < 1.29 is 18.7 Å². The number of ether oxygens (including phenoxy) is 1. The number of rotatable bonds is 6. The van der Waals surface area contributed by atoms with Crippen LogP contribution < -0.4 is 5.32 Å². The second-order valence-electron chi connectivity index (χ2n) is 5.03. The molecular weight excluding hydrogens is 359 g/mol. The average molecular weight is 373 g/mol. The summed E-state index contributed by atoms with van der Waals surface area (Å²) in [6, 6.07) is 11.7. The van der Waals surface area contributed by atoms with E-state index in [0.29, 0.717) is 0 Å². The zero-order chi connectivity index (χ0) is 19.1. The molecule has 5 nitrogen and oxygen atoms in total. The molecule has 26 heavy (non-hydrogen) atoms. The average Bonchev–Trinajstić information content (AvgIpc) is 2.63. The van der Waals surface area contributed by atoms with Crippen LogP contribution in [0.5, 0.6) is 0 Å². The van der Waals surface area contributed by atoms with Gasteiger partial charge in [-0.25, -0.2) is 9.18 Å². The lowest BCUT2D eigenvalue weighted by Gasteiger charge is -2.10. The molecule has 0 heterocycles. The summed E-state index contributed by atoms with van der Waals surface area (Å²) in [6.07, 6.45) is 1.12. The van der Waals surface area contributed by atoms with Crippen LogP contribution in [0.3, 0.4) is 0 Å². The van der Waals surface area contributed by atoms with Crippen LogP contribution in [0.1, 0.15) is 22.8 Å². The zero-order valence-corrected chi connectivity index (χ0v) is 14.5. The number of nitriles is 1. The molecule has 0 aliphatic heterocycles. The molecule has 0 bridgehead atoms. The van der Waals surface area contributed by atoms with Crippen LogP contribution in [0.25, 0.3) is 0 Å². The Morgan fingerprint density at radius 2 is 2.00 bits per heavy atom. The molecule has 2 aromatic carbocycles. The Labute approximate surface area is 154 Å². The summed E-state index contributed by atoms with van der Waals surface area (Å²) in [5.74, 6) is -2.04. The number of nitrogens with one attached hydrogen (secondary N) is 1. The summed E-state index contributed by atoms with van der Waals surface area (Å²) in [5, 5.41) is 12.0. The second-order valence-corrected chi connectivity index (χ2v) is 5.47. The van der Waals surface area contributed by atoms with E-state index < -0.39 is 17.6 Å². The second kappa shape index (κ2) is 8.79. The van der Waals surface area contributed by atoms with Gasteiger partial charge in [0.1, 0.15) is 11.9 Å². The fraction of sp³-hybridized carbons (Fsp3) is 0.105. The number of carbonyl (C=O) groups is 2. The first-order chi connectivity index (χ1) is 12.5. The summed E-state index contributed by atoms with van der Waals surface area (Å²) in [5.41, 5.74) is -0.0292. The Morgan fingerprint density at radius 1 is 1.27 bits per heavy atom. The molecule has 132 valence electrons. The molecule has 0 fully saturated rings. The number of carbonyl (C=O) groups excluding carboxylic acids is 2. The van der Waals surface area contributed by atoms with Crippen LogP contribution in [0.2, 0.25) is 5.02 Å². The van der Waals surface area contributed by atoms with Crippen LogP contribution in [0.4, 0.5) is 10.1 Å². The lowest BCUT2D eigenvalue weighted by Crippen LogP contribution is -2.10. The number of esters is 1. The van der Waals surface area contributed by atoms with E-state index in [1.54, 1.807) is 19.1 Å². The topological polar surface area (TPSA) is 79.2 Å². The highest BCUT2D eigenvalue weighted by Crippen LogP contribution is 2.25. The first kappa shape index (κ1) is 19.2. The van der Waals surface area contributed by atoms with Gasteiger partial charge in [0.2, 0.25) is 0 Å². The number of benzene rings is 2. The number of nitrogens with zero attached hydrogens (tertiary/aromatic N) is 1. The van der Waals surface area contributed by atoms with Crippen LogP contribution in [-0.4, -0.2) is 18.4 Å². The van der Waals surface area contributed by atoms with Crippen molar-refractivity contribution in [2.24, 2.45) is 0 Å². The molecule has 2 rings (SSSR count). The standard InChI is InChI=1S/C19H14ClFN2O3/c1-2-26-19(25)12(10-22)11-23-17-8-7-13(20)9-15(17)18(24)14-5-3-4-6-16(14)21/h3-9,11,23H,2H2,1H3/b12-11+. The third-order valence-electron chi connectivity index (χ3n) is 3.33. The predicted molar refractivity (Wildman–Crippen MR) is 95.2 cm³/mol. The van der Waals surface area contributed by atoms with Crippen LogP contribution in [0.15, 0.2) is 54.2 Å².